The Labute approximate surface area is 106 Å². The topological polar surface area (TPSA) is 76.1 Å². The number of hydrogen-bond donors (Lipinski definition) is 1. The lowest BCUT2D eigenvalue weighted by Crippen LogP contribution is -2.52. The number of piperidine rings is 1. The van der Waals surface area contributed by atoms with Crippen molar-refractivity contribution in [2.24, 2.45) is 5.41 Å². The standard InChI is InChI=1S/C12H19NO5/c1-11(2,3)18-10(16)13-5-8-4-12(6-13,7-17-8)9(14)15/h8H,4-7H2,1-3H3,(H,14,15). The number of fused-ring (bicyclic) bond motifs is 2. The maximum atomic E-state index is 12.0. The molecule has 2 aliphatic rings. The maximum absolute atomic E-state index is 12.0. The molecule has 0 aliphatic carbocycles. The van der Waals surface area contributed by atoms with Gasteiger partial charge in [-0.2, -0.15) is 0 Å². The van der Waals surface area contributed by atoms with Crippen molar-refractivity contribution >= 4 is 12.1 Å². The summed E-state index contributed by atoms with van der Waals surface area (Å²) in [6.45, 7) is 6.09. The molecular weight excluding hydrogens is 238 g/mol. The average Bonchev–Trinajstić information content (AvgIpc) is 2.53. The van der Waals surface area contributed by atoms with Crippen molar-refractivity contribution in [2.45, 2.75) is 38.9 Å². The van der Waals surface area contributed by atoms with E-state index in [0.717, 1.165) is 0 Å². The van der Waals surface area contributed by atoms with E-state index in [1.165, 1.54) is 4.90 Å². The van der Waals surface area contributed by atoms with Crippen LogP contribution >= 0.6 is 0 Å². The van der Waals surface area contributed by atoms with Gasteiger partial charge in [0.05, 0.1) is 19.3 Å². The van der Waals surface area contributed by atoms with Crippen LogP contribution in [0.1, 0.15) is 27.2 Å². The number of ether oxygens (including phenoxy) is 2. The van der Waals surface area contributed by atoms with Crippen LogP contribution in [0, 0.1) is 5.41 Å². The number of amides is 1. The van der Waals surface area contributed by atoms with Gasteiger partial charge in [0.15, 0.2) is 0 Å². The molecule has 102 valence electrons. The lowest BCUT2D eigenvalue weighted by atomic mass is 9.82. The largest absolute Gasteiger partial charge is 0.481 e. The second-order valence-corrected chi connectivity index (χ2v) is 6.08. The van der Waals surface area contributed by atoms with E-state index in [9.17, 15) is 14.7 Å². The number of rotatable bonds is 1. The van der Waals surface area contributed by atoms with Crippen molar-refractivity contribution in [1.82, 2.24) is 4.90 Å². The molecule has 2 rings (SSSR count). The van der Waals surface area contributed by atoms with Gasteiger partial charge in [0.2, 0.25) is 0 Å². The fourth-order valence-corrected chi connectivity index (χ4v) is 2.42. The Bertz CT molecular complexity index is 375. The average molecular weight is 257 g/mol. The van der Waals surface area contributed by atoms with Crippen LogP contribution in [0.15, 0.2) is 0 Å². The van der Waals surface area contributed by atoms with E-state index in [4.69, 9.17) is 9.47 Å². The molecule has 2 atom stereocenters. The van der Waals surface area contributed by atoms with E-state index in [1.54, 1.807) is 20.8 Å². The minimum atomic E-state index is -0.959. The van der Waals surface area contributed by atoms with Crippen LogP contribution in [-0.2, 0) is 14.3 Å². The molecule has 2 unspecified atom stereocenters. The number of carboxylic acid groups (broad SMARTS) is 1. The summed E-state index contributed by atoms with van der Waals surface area (Å²) in [5, 5.41) is 9.29. The zero-order valence-corrected chi connectivity index (χ0v) is 10.9. The van der Waals surface area contributed by atoms with Gasteiger partial charge in [-0.25, -0.2) is 4.79 Å². The number of carbonyl (C=O) groups is 2. The summed E-state index contributed by atoms with van der Waals surface area (Å²) in [7, 11) is 0. The van der Waals surface area contributed by atoms with E-state index in [1.807, 2.05) is 0 Å². The molecule has 1 N–H and O–H groups in total. The predicted octanol–water partition coefficient (Wildman–Crippen LogP) is 1.10. The summed E-state index contributed by atoms with van der Waals surface area (Å²) in [6, 6.07) is 0. The highest BCUT2D eigenvalue weighted by Gasteiger charge is 2.53. The molecule has 2 bridgehead atoms. The van der Waals surface area contributed by atoms with Crippen molar-refractivity contribution in [3.63, 3.8) is 0 Å². The first-order valence-corrected chi connectivity index (χ1v) is 6.05. The molecule has 0 aromatic heterocycles. The molecule has 0 saturated carbocycles. The highest BCUT2D eigenvalue weighted by Crippen LogP contribution is 2.38. The number of hydrogen-bond acceptors (Lipinski definition) is 4. The number of likely N-dealkylation sites (tertiary alicyclic amines) is 1. The summed E-state index contributed by atoms with van der Waals surface area (Å²) < 4.78 is 10.7. The molecule has 0 spiro atoms. The molecule has 0 aromatic carbocycles. The van der Waals surface area contributed by atoms with Crippen LogP contribution in [0.3, 0.4) is 0 Å². The second-order valence-electron chi connectivity index (χ2n) is 6.08. The SMILES string of the molecule is CC(C)(C)OC(=O)N1CC2CC(C(=O)O)(CO2)C1. The Morgan fingerprint density at radius 2 is 2.11 bits per heavy atom. The number of nitrogens with zero attached hydrogens (tertiary/aromatic N) is 1. The van der Waals surface area contributed by atoms with Crippen molar-refractivity contribution in [2.75, 3.05) is 19.7 Å². The lowest BCUT2D eigenvalue weighted by molar-refractivity contribution is -0.150. The Morgan fingerprint density at radius 3 is 2.67 bits per heavy atom. The van der Waals surface area contributed by atoms with Crippen LogP contribution in [0.25, 0.3) is 0 Å². The summed E-state index contributed by atoms with van der Waals surface area (Å²) in [5.41, 5.74) is -1.54. The Balaban J connectivity index is 2.08. The summed E-state index contributed by atoms with van der Waals surface area (Å²) in [4.78, 5) is 24.7. The van der Waals surface area contributed by atoms with Gasteiger partial charge in [0, 0.05) is 6.54 Å². The fourth-order valence-electron chi connectivity index (χ4n) is 2.42. The van der Waals surface area contributed by atoms with E-state index < -0.39 is 23.1 Å². The normalized spacial score (nSPS) is 31.3. The van der Waals surface area contributed by atoms with Crippen LogP contribution in [0.5, 0.6) is 0 Å². The Hall–Kier alpha value is -1.30. The molecule has 18 heavy (non-hydrogen) atoms. The van der Waals surface area contributed by atoms with Crippen molar-refractivity contribution in [3.05, 3.63) is 0 Å². The highest BCUT2D eigenvalue weighted by molar-refractivity contribution is 5.78. The summed E-state index contributed by atoms with van der Waals surface area (Å²) in [6.07, 6.45) is -0.188. The minimum absolute atomic E-state index is 0.160. The van der Waals surface area contributed by atoms with E-state index in [2.05, 4.69) is 0 Å². The number of carboxylic acids is 1. The van der Waals surface area contributed by atoms with Gasteiger partial charge in [-0.05, 0) is 27.2 Å². The summed E-state index contributed by atoms with van der Waals surface area (Å²) in [5.74, 6) is -0.904. The molecular formula is C12H19NO5. The van der Waals surface area contributed by atoms with E-state index >= 15 is 0 Å². The predicted molar refractivity (Wildman–Crippen MR) is 62.2 cm³/mol. The third-order valence-electron chi connectivity index (χ3n) is 3.24. The van der Waals surface area contributed by atoms with Gasteiger partial charge in [-0.1, -0.05) is 0 Å². The first kappa shape index (κ1) is 13.1. The fraction of sp³-hybridized carbons (Fsp3) is 0.833. The molecule has 2 fully saturated rings. The van der Waals surface area contributed by atoms with Gasteiger partial charge in [0.25, 0.3) is 0 Å². The van der Waals surface area contributed by atoms with Crippen LogP contribution < -0.4 is 0 Å². The zero-order valence-electron chi connectivity index (χ0n) is 10.9. The van der Waals surface area contributed by atoms with Crippen LogP contribution in [-0.4, -0.2) is 53.5 Å². The third-order valence-corrected chi connectivity index (χ3v) is 3.24. The molecule has 1 amide bonds. The molecule has 0 radical (unpaired) electrons. The first-order chi connectivity index (χ1) is 8.22. The van der Waals surface area contributed by atoms with Gasteiger partial charge < -0.3 is 19.5 Å². The monoisotopic (exact) mass is 257 g/mol. The molecule has 6 heteroatoms. The van der Waals surface area contributed by atoms with Crippen molar-refractivity contribution in [3.8, 4) is 0 Å². The Morgan fingerprint density at radius 1 is 1.44 bits per heavy atom. The van der Waals surface area contributed by atoms with Gasteiger partial charge >= 0.3 is 12.1 Å². The summed E-state index contributed by atoms with van der Waals surface area (Å²) >= 11 is 0. The van der Waals surface area contributed by atoms with E-state index in [0.29, 0.717) is 13.0 Å². The quantitative estimate of drug-likeness (QED) is 0.761. The van der Waals surface area contributed by atoms with Crippen LogP contribution in [0.4, 0.5) is 4.79 Å². The smallest absolute Gasteiger partial charge is 0.410 e. The second kappa shape index (κ2) is 4.12. The zero-order chi connectivity index (χ0) is 13.6. The minimum Gasteiger partial charge on any atom is -0.481 e. The number of carbonyl (C=O) groups excluding carboxylic acids is 1. The lowest BCUT2D eigenvalue weighted by Gasteiger charge is -2.36. The maximum Gasteiger partial charge on any atom is 0.410 e. The van der Waals surface area contributed by atoms with Gasteiger partial charge in [-0.15, -0.1) is 0 Å². The third kappa shape index (κ3) is 2.43. The van der Waals surface area contributed by atoms with Crippen molar-refractivity contribution < 1.29 is 24.2 Å². The van der Waals surface area contributed by atoms with Crippen molar-refractivity contribution in [1.29, 1.82) is 0 Å². The first-order valence-electron chi connectivity index (χ1n) is 6.05. The highest BCUT2D eigenvalue weighted by atomic mass is 16.6. The van der Waals surface area contributed by atoms with Gasteiger partial charge in [0.1, 0.15) is 11.0 Å². The Kier molecular flexibility index (Phi) is 3.01. The molecule has 2 saturated heterocycles. The molecule has 0 aromatic rings. The van der Waals surface area contributed by atoms with Gasteiger partial charge in [-0.3, -0.25) is 4.79 Å². The van der Waals surface area contributed by atoms with Crippen LogP contribution in [0.2, 0.25) is 0 Å². The molecule has 6 nitrogen and oxygen atoms in total. The molecule has 2 aliphatic heterocycles. The molecule has 2 heterocycles. The number of aliphatic carboxylic acids is 1. The van der Waals surface area contributed by atoms with E-state index in [-0.39, 0.29) is 19.3 Å².